The first-order valence-electron chi connectivity index (χ1n) is 5.58. The monoisotopic (exact) mass is 238 g/mol. The molecule has 0 aliphatic carbocycles. The van der Waals surface area contributed by atoms with E-state index < -0.39 is 0 Å². The Morgan fingerprint density at radius 2 is 1.82 bits per heavy atom. The van der Waals surface area contributed by atoms with Crippen molar-refractivity contribution in [1.82, 2.24) is 0 Å². The van der Waals surface area contributed by atoms with Gasteiger partial charge in [-0.3, -0.25) is 9.59 Å². The van der Waals surface area contributed by atoms with E-state index in [0.29, 0.717) is 18.6 Å². The predicted octanol–water partition coefficient (Wildman–Crippen LogP) is 2.74. The van der Waals surface area contributed by atoms with Gasteiger partial charge in [0.15, 0.2) is 5.78 Å². The minimum Gasteiger partial charge on any atom is -0.466 e. The summed E-state index contributed by atoms with van der Waals surface area (Å²) in [5, 5.41) is 0. The average Bonchev–Trinajstić information content (AvgIpc) is 2.30. The highest BCUT2D eigenvalue weighted by atomic mass is 19.1. The second-order valence-corrected chi connectivity index (χ2v) is 3.59. The standard InChI is InChI=1S/C13H15FO3/c1-2-17-13(16)5-3-4-12(15)10-6-8-11(14)9-7-10/h6-9H,2-5H2,1H3. The summed E-state index contributed by atoms with van der Waals surface area (Å²) in [4.78, 5) is 22.6. The molecular weight excluding hydrogens is 223 g/mol. The normalized spacial score (nSPS) is 10.0. The van der Waals surface area contributed by atoms with Crippen LogP contribution in [0.4, 0.5) is 4.39 Å². The third-order valence-corrected chi connectivity index (χ3v) is 2.26. The highest BCUT2D eigenvalue weighted by Crippen LogP contribution is 2.08. The zero-order valence-corrected chi connectivity index (χ0v) is 9.74. The van der Waals surface area contributed by atoms with Gasteiger partial charge in [0.1, 0.15) is 5.82 Å². The van der Waals surface area contributed by atoms with Crippen molar-refractivity contribution in [1.29, 1.82) is 0 Å². The third kappa shape index (κ3) is 4.76. The zero-order valence-electron chi connectivity index (χ0n) is 9.74. The minimum absolute atomic E-state index is 0.0886. The Morgan fingerprint density at radius 3 is 2.41 bits per heavy atom. The summed E-state index contributed by atoms with van der Waals surface area (Å²) in [6.07, 6.45) is 0.959. The summed E-state index contributed by atoms with van der Waals surface area (Å²) in [6.45, 7) is 2.09. The SMILES string of the molecule is CCOC(=O)CCCC(=O)c1ccc(F)cc1. The maximum atomic E-state index is 12.6. The van der Waals surface area contributed by atoms with Crippen LogP contribution in [-0.4, -0.2) is 18.4 Å². The molecule has 1 rings (SSSR count). The molecular formula is C13H15FO3. The maximum absolute atomic E-state index is 12.6. The van der Waals surface area contributed by atoms with E-state index in [2.05, 4.69) is 0 Å². The van der Waals surface area contributed by atoms with Crippen LogP contribution in [0.3, 0.4) is 0 Å². The molecule has 0 amide bonds. The number of ketones is 1. The molecule has 0 heterocycles. The number of carbonyl (C=O) groups excluding carboxylic acids is 2. The number of ether oxygens (including phenoxy) is 1. The lowest BCUT2D eigenvalue weighted by Gasteiger charge is -2.02. The second-order valence-electron chi connectivity index (χ2n) is 3.59. The number of rotatable bonds is 6. The number of hydrogen-bond acceptors (Lipinski definition) is 3. The topological polar surface area (TPSA) is 43.4 Å². The summed E-state index contributed by atoms with van der Waals surface area (Å²) in [6, 6.07) is 5.39. The molecule has 0 atom stereocenters. The van der Waals surface area contributed by atoms with Crippen molar-refractivity contribution in [3.8, 4) is 0 Å². The molecule has 1 aromatic carbocycles. The van der Waals surface area contributed by atoms with Crippen molar-refractivity contribution in [2.45, 2.75) is 26.2 Å². The van der Waals surface area contributed by atoms with Crippen molar-refractivity contribution in [3.63, 3.8) is 0 Å². The molecule has 0 saturated heterocycles. The quantitative estimate of drug-likeness (QED) is 0.565. The van der Waals surface area contributed by atoms with Crippen LogP contribution in [0.5, 0.6) is 0 Å². The number of carbonyl (C=O) groups is 2. The van der Waals surface area contributed by atoms with Crippen LogP contribution in [0.15, 0.2) is 24.3 Å². The van der Waals surface area contributed by atoms with Crippen LogP contribution in [0.25, 0.3) is 0 Å². The van der Waals surface area contributed by atoms with Crippen LogP contribution in [-0.2, 0) is 9.53 Å². The number of hydrogen-bond donors (Lipinski definition) is 0. The van der Waals surface area contributed by atoms with E-state index in [1.807, 2.05) is 0 Å². The van der Waals surface area contributed by atoms with Crippen LogP contribution >= 0.6 is 0 Å². The molecule has 92 valence electrons. The molecule has 0 aliphatic rings. The number of halogens is 1. The molecule has 0 aliphatic heterocycles. The first kappa shape index (κ1) is 13.4. The Labute approximate surface area is 99.6 Å². The van der Waals surface area contributed by atoms with Crippen LogP contribution in [0, 0.1) is 5.82 Å². The van der Waals surface area contributed by atoms with E-state index in [-0.39, 0.29) is 30.4 Å². The zero-order chi connectivity index (χ0) is 12.7. The maximum Gasteiger partial charge on any atom is 0.305 e. The van der Waals surface area contributed by atoms with E-state index >= 15 is 0 Å². The Bertz CT molecular complexity index is 384. The van der Waals surface area contributed by atoms with Gasteiger partial charge in [0, 0.05) is 18.4 Å². The molecule has 17 heavy (non-hydrogen) atoms. The fourth-order valence-corrected chi connectivity index (χ4v) is 1.41. The van der Waals surface area contributed by atoms with Crippen molar-refractivity contribution in [2.24, 2.45) is 0 Å². The van der Waals surface area contributed by atoms with Gasteiger partial charge in [-0.05, 0) is 37.6 Å². The molecule has 0 fully saturated rings. The smallest absolute Gasteiger partial charge is 0.305 e. The molecule has 3 nitrogen and oxygen atoms in total. The molecule has 0 unspecified atom stereocenters. The Balaban J connectivity index is 2.35. The van der Waals surface area contributed by atoms with E-state index in [1.165, 1.54) is 24.3 Å². The molecule has 0 radical (unpaired) electrons. The van der Waals surface area contributed by atoms with Gasteiger partial charge in [0.05, 0.1) is 6.61 Å². The molecule has 0 N–H and O–H groups in total. The lowest BCUT2D eigenvalue weighted by atomic mass is 10.1. The summed E-state index contributed by atoms with van der Waals surface area (Å²) >= 11 is 0. The van der Waals surface area contributed by atoms with Crippen LogP contribution < -0.4 is 0 Å². The van der Waals surface area contributed by atoms with Crippen molar-refractivity contribution >= 4 is 11.8 Å². The van der Waals surface area contributed by atoms with Gasteiger partial charge in [-0.25, -0.2) is 4.39 Å². The van der Waals surface area contributed by atoms with E-state index in [1.54, 1.807) is 6.92 Å². The summed E-state index contributed by atoms with van der Waals surface area (Å²) in [7, 11) is 0. The van der Waals surface area contributed by atoms with Gasteiger partial charge >= 0.3 is 5.97 Å². The Kier molecular flexibility index (Phi) is 5.33. The fraction of sp³-hybridized carbons (Fsp3) is 0.385. The molecule has 0 spiro atoms. The van der Waals surface area contributed by atoms with Crippen LogP contribution in [0.1, 0.15) is 36.5 Å². The van der Waals surface area contributed by atoms with Gasteiger partial charge in [-0.1, -0.05) is 0 Å². The van der Waals surface area contributed by atoms with Gasteiger partial charge in [-0.15, -0.1) is 0 Å². The molecule has 1 aromatic rings. The Morgan fingerprint density at radius 1 is 1.18 bits per heavy atom. The molecule has 4 heteroatoms. The van der Waals surface area contributed by atoms with Gasteiger partial charge in [-0.2, -0.15) is 0 Å². The van der Waals surface area contributed by atoms with E-state index in [0.717, 1.165) is 0 Å². The van der Waals surface area contributed by atoms with E-state index in [9.17, 15) is 14.0 Å². The lowest BCUT2D eigenvalue weighted by molar-refractivity contribution is -0.143. The highest BCUT2D eigenvalue weighted by molar-refractivity contribution is 5.96. The highest BCUT2D eigenvalue weighted by Gasteiger charge is 2.08. The largest absolute Gasteiger partial charge is 0.466 e. The molecule has 0 aromatic heterocycles. The van der Waals surface area contributed by atoms with Crippen molar-refractivity contribution in [3.05, 3.63) is 35.6 Å². The van der Waals surface area contributed by atoms with Crippen molar-refractivity contribution in [2.75, 3.05) is 6.61 Å². The third-order valence-electron chi connectivity index (χ3n) is 2.26. The Hall–Kier alpha value is -1.71. The van der Waals surface area contributed by atoms with Gasteiger partial charge in [0.25, 0.3) is 0 Å². The number of esters is 1. The molecule has 0 saturated carbocycles. The predicted molar refractivity (Wildman–Crippen MR) is 61.2 cm³/mol. The summed E-state index contributed by atoms with van der Waals surface area (Å²) in [5.74, 6) is -0.748. The number of benzene rings is 1. The minimum atomic E-state index is -0.368. The summed E-state index contributed by atoms with van der Waals surface area (Å²) in [5.41, 5.74) is 0.468. The first-order chi connectivity index (χ1) is 8.13. The van der Waals surface area contributed by atoms with Crippen molar-refractivity contribution < 1.29 is 18.7 Å². The number of Topliss-reactive ketones (excluding diaryl/α,β-unsaturated/α-hetero) is 1. The fourth-order valence-electron chi connectivity index (χ4n) is 1.41. The van der Waals surface area contributed by atoms with Crippen LogP contribution in [0.2, 0.25) is 0 Å². The second kappa shape index (κ2) is 6.78. The van der Waals surface area contributed by atoms with Gasteiger partial charge < -0.3 is 4.74 Å². The first-order valence-corrected chi connectivity index (χ1v) is 5.58. The average molecular weight is 238 g/mol. The van der Waals surface area contributed by atoms with Gasteiger partial charge in [0.2, 0.25) is 0 Å². The summed E-state index contributed by atoms with van der Waals surface area (Å²) < 4.78 is 17.4. The van der Waals surface area contributed by atoms with E-state index in [4.69, 9.17) is 4.74 Å². The molecule has 0 bridgehead atoms. The lowest BCUT2D eigenvalue weighted by Crippen LogP contribution is -2.05.